The number of hydrogen-bond acceptors (Lipinski definition) is 4. The number of carbonyl (C=O) groups excluding carboxylic acids is 1. The molecule has 17 heavy (non-hydrogen) atoms. The zero-order valence-corrected chi connectivity index (χ0v) is 10.6. The van der Waals surface area contributed by atoms with Gasteiger partial charge in [-0.2, -0.15) is 0 Å². The van der Waals surface area contributed by atoms with E-state index >= 15 is 0 Å². The van der Waals surface area contributed by atoms with Crippen LogP contribution in [0.15, 0.2) is 12.7 Å². The molecule has 0 spiro atoms. The van der Waals surface area contributed by atoms with E-state index in [4.69, 9.17) is 5.11 Å². The van der Waals surface area contributed by atoms with Gasteiger partial charge >= 0.3 is 0 Å². The maximum absolute atomic E-state index is 11.8. The van der Waals surface area contributed by atoms with Crippen molar-refractivity contribution < 1.29 is 9.90 Å². The highest BCUT2D eigenvalue weighted by atomic mass is 16.3. The Morgan fingerprint density at radius 3 is 2.65 bits per heavy atom. The Kier molecular flexibility index (Phi) is 6.18. The van der Waals surface area contributed by atoms with Gasteiger partial charge in [0.25, 0.3) is 0 Å². The molecule has 0 bridgehead atoms. The quantitative estimate of drug-likeness (QED) is 0.603. The molecule has 98 valence electrons. The van der Waals surface area contributed by atoms with Crippen molar-refractivity contribution in [1.29, 1.82) is 0 Å². The van der Waals surface area contributed by atoms with Crippen LogP contribution in [0.25, 0.3) is 0 Å². The Labute approximate surface area is 103 Å². The van der Waals surface area contributed by atoms with Gasteiger partial charge in [0.2, 0.25) is 5.91 Å². The Morgan fingerprint density at radius 2 is 2.12 bits per heavy atom. The number of nitrogens with zero attached hydrogens (tertiary/aromatic N) is 2. The minimum atomic E-state index is -0.0915. The molecule has 1 fully saturated rings. The molecule has 0 aromatic heterocycles. The first kappa shape index (κ1) is 14.2. The lowest BCUT2D eigenvalue weighted by Gasteiger charge is -2.37. The van der Waals surface area contributed by atoms with E-state index < -0.39 is 0 Å². The van der Waals surface area contributed by atoms with E-state index in [2.05, 4.69) is 21.7 Å². The molecule has 1 aliphatic rings. The minimum absolute atomic E-state index is 0.0560. The molecule has 2 N–H and O–H groups in total. The van der Waals surface area contributed by atoms with Gasteiger partial charge in [-0.1, -0.05) is 6.08 Å². The van der Waals surface area contributed by atoms with Crippen molar-refractivity contribution >= 4 is 5.91 Å². The van der Waals surface area contributed by atoms with Gasteiger partial charge in [-0.25, -0.2) is 0 Å². The molecule has 0 saturated carbocycles. The van der Waals surface area contributed by atoms with Gasteiger partial charge in [-0.15, -0.1) is 6.58 Å². The molecule has 1 amide bonds. The van der Waals surface area contributed by atoms with E-state index in [1.807, 2.05) is 6.92 Å². The third-order valence-electron chi connectivity index (χ3n) is 3.17. The van der Waals surface area contributed by atoms with E-state index in [9.17, 15) is 4.79 Å². The summed E-state index contributed by atoms with van der Waals surface area (Å²) in [4.78, 5) is 16.1. The van der Waals surface area contributed by atoms with Crippen molar-refractivity contribution in [3.8, 4) is 0 Å². The molecular formula is C12H23N3O2. The zero-order chi connectivity index (χ0) is 12.7. The van der Waals surface area contributed by atoms with Gasteiger partial charge < -0.3 is 10.4 Å². The fourth-order valence-electron chi connectivity index (χ4n) is 2.00. The van der Waals surface area contributed by atoms with E-state index in [1.165, 1.54) is 0 Å². The largest absolute Gasteiger partial charge is 0.395 e. The summed E-state index contributed by atoms with van der Waals surface area (Å²) < 4.78 is 0. The fraction of sp³-hybridized carbons (Fsp3) is 0.750. The van der Waals surface area contributed by atoms with Crippen LogP contribution in [0, 0.1) is 0 Å². The predicted molar refractivity (Wildman–Crippen MR) is 67.8 cm³/mol. The Hall–Kier alpha value is -0.910. The van der Waals surface area contributed by atoms with E-state index in [-0.39, 0.29) is 18.6 Å². The lowest BCUT2D eigenvalue weighted by molar-refractivity contribution is -0.126. The molecule has 0 aromatic rings. The highest BCUT2D eigenvalue weighted by Crippen LogP contribution is 2.06. The number of piperazine rings is 1. The predicted octanol–water partition coefficient (Wildman–Crippen LogP) is -0.713. The standard InChI is InChI=1S/C12H23N3O2/c1-3-4-13-12(17)11(2)15-7-5-14(6-8-15)9-10-16/h3,11,16H,1,4-10H2,2H3,(H,13,17)/t11-/m0/s1. The second-order valence-corrected chi connectivity index (χ2v) is 4.31. The smallest absolute Gasteiger partial charge is 0.237 e. The number of hydrogen-bond donors (Lipinski definition) is 2. The SMILES string of the molecule is C=CCNC(=O)[C@H](C)N1CCN(CCO)CC1. The summed E-state index contributed by atoms with van der Waals surface area (Å²) in [5.41, 5.74) is 0. The second kappa shape index (κ2) is 7.42. The summed E-state index contributed by atoms with van der Waals surface area (Å²) in [6.45, 7) is 10.5. The highest BCUT2D eigenvalue weighted by molar-refractivity contribution is 5.81. The number of carbonyl (C=O) groups is 1. The Balaban J connectivity index is 2.32. The number of rotatable bonds is 6. The number of β-amino-alcohol motifs (C(OH)–C–C–N with tert-alkyl or cyclic N) is 1. The molecule has 1 rings (SSSR count). The molecule has 1 atom stereocenters. The molecule has 0 radical (unpaired) electrons. The number of aliphatic hydroxyl groups is 1. The van der Waals surface area contributed by atoms with Gasteiger partial charge in [0.05, 0.1) is 12.6 Å². The van der Waals surface area contributed by atoms with Crippen LogP contribution in [0.3, 0.4) is 0 Å². The first-order chi connectivity index (χ1) is 8.19. The van der Waals surface area contributed by atoms with Gasteiger partial charge in [0.15, 0.2) is 0 Å². The third-order valence-corrected chi connectivity index (χ3v) is 3.17. The zero-order valence-electron chi connectivity index (χ0n) is 10.6. The monoisotopic (exact) mass is 241 g/mol. The van der Waals surface area contributed by atoms with Gasteiger partial charge in [0, 0.05) is 39.3 Å². The number of nitrogens with one attached hydrogen (secondary N) is 1. The molecule has 0 aromatic carbocycles. The van der Waals surface area contributed by atoms with Crippen LogP contribution in [0.5, 0.6) is 0 Å². The summed E-state index contributed by atoms with van der Waals surface area (Å²) in [5.74, 6) is 0.0560. The average Bonchev–Trinajstić information content (AvgIpc) is 2.36. The van der Waals surface area contributed by atoms with Gasteiger partial charge in [-0.05, 0) is 6.92 Å². The van der Waals surface area contributed by atoms with Crippen LogP contribution in [0.2, 0.25) is 0 Å². The molecule has 1 aliphatic heterocycles. The minimum Gasteiger partial charge on any atom is -0.395 e. The summed E-state index contributed by atoms with van der Waals surface area (Å²) in [5, 5.41) is 11.7. The van der Waals surface area contributed by atoms with Crippen LogP contribution < -0.4 is 5.32 Å². The first-order valence-corrected chi connectivity index (χ1v) is 6.15. The van der Waals surface area contributed by atoms with Crippen molar-refractivity contribution in [2.45, 2.75) is 13.0 Å². The number of aliphatic hydroxyl groups excluding tert-OH is 1. The normalized spacial score (nSPS) is 19.9. The molecule has 0 aliphatic carbocycles. The van der Waals surface area contributed by atoms with Gasteiger partial charge in [0.1, 0.15) is 0 Å². The van der Waals surface area contributed by atoms with E-state index in [0.717, 1.165) is 32.7 Å². The van der Waals surface area contributed by atoms with Gasteiger partial charge in [-0.3, -0.25) is 14.6 Å². The van der Waals surface area contributed by atoms with E-state index in [0.29, 0.717) is 6.54 Å². The summed E-state index contributed by atoms with van der Waals surface area (Å²) >= 11 is 0. The molecule has 5 nitrogen and oxygen atoms in total. The molecule has 0 unspecified atom stereocenters. The summed E-state index contributed by atoms with van der Waals surface area (Å²) in [7, 11) is 0. The first-order valence-electron chi connectivity index (χ1n) is 6.15. The maximum Gasteiger partial charge on any atom is 0.237 e. The van der Waals surface area contributed by atoms with Crippen molar-refractivity contribution in [2.75, 3.05) is 45.9 Å². The second-order valence-electron chi connectivity index (χ2n) is 4.31. The summed E-state index contributed by atoms with van der Waals surface area (Å²) in [6, 6.07) is -0.0915. The topological polar surface area (TPSA) is 55.8 Å². The van der Waals surface area contributed by atoms with E-state index in [1.54, 1.807) is 6.08 Å². The Bertz CT molecular complexity index is 250. The lowest BCUT2D eigenvalue weighted by atomic mass is 10.2. The van der Waals surface area contributed by atoms with Crippen molar-refractivity contribution in [2.24, 2.45) is 0 Å². The van der Waals surface area contributed by atoms with Crippen LogP contribution in [-0.2, 0) is 4.79 Å². The lowest BCUT2D eigenvalue weighted by Crippen LogP contribution is -2.54. The fourth-order valence-corrected chi connectivity index (χ4v) is 2.00. The number of amides is 1. The van der Waals surface area contributed by atoms with Crippen LogP contribution >= 0.6 is 0 Å². The third kappa shape index (κ3) is 4.46. The average molecular weight is 241 g/mol. The van der Waals surface area contributed by atoms with Crippen molar-refractivity contribution in [1.82, 2.24) is 15.1 Å². The maximum atomic E-state index is 11.8. The molecule has 5 heteroatoms. The molecular weight excluding hydrogens is 218 g/mol. The van der Waals surface area contributed by atoms with Crippen molar-refractivity contribution in [3.63, 3.8) is 0 Å². The van der Waals surface area contributed by atoms with Crippen LogP contribution in [-0.4, -0.2) is 72.7 Å². The Morgan fingerprint density at radius 1 is 1.47 bits per heavy atom. The highest BCUT2D eigenvalue weighted by Gasteiger charge is 2.24. The van der Waals surface area contributed by atoms with Crippen LogP contribution in [0.4, 0.5) is 0 Å². The van der Waals surface area contributed by atoms with Crippen molar-refractivity contribution in [3.05, 3.63) is 12.7 Å². The molecule has 1 saturated heterocycles. The van der Waals surface area contributed by atoms with Crippen LogP contribution in [0.1, 0.15) is 6.92 Å². The summed E-state index contributed by atoms with van der Waals surface area (Å²) in [6.07, 6.45) is 1.68. The molecule has 1 heterocycles.